The summed E-state index contributed by atoms with van der Waals surface area (Å²) < 4.78 is 26.8. The van der Waals surface area contributed by atoms with Crippen LogP contribution in [0.1, 0.15) is 22.5 Å². The molecule has 5 rings (SSSR count). The molecule has 2 heterocycles. The van der Waals surface area contributed by atoms with Crippen LogP contribution in [0.4, 0.5) is 14.9 Å². The molecule has 0 spiro atoms. The van der Waals surface area contributed by atoms with Crippen molar-refractivity contribution in [2.45, 2.75) is 20.5 Å². The van der Waals surface area contributed by atoms with Gasteiger partial charge in [-0.2, -0.15) is 0 Å². The van der Waals surface area contributed by atoms with Crippen LogP contribution in [0.15, 0.2) is 83.8 Å². The number of hydrogen-bond donors (Lipinski definition) is 1. The van der Waals surface area contributed by atoms with Gasteiger partial charge >= 0.3 is 0 Å². The third-order valence-corrected chi connectivity index (χ3v) is 7.66. The lowest BCUT2D eigenvalue weighted by atomic mass is 10.2. The molecule has 10 heteroatoms. The van der Waals surface area contributed by atoms with Crippen LogP contribution in [0.3, 0.4) is 0 Å². The van der Waals surface area contributed by atoms with Crippen LogP contribution < -0.4 is 14.8 Å². The topological polar surface area (TPSA) is 89.9 Å². The third kappa shape index (κ3) is 6.23. The van der Waals surface area contributed by atoms with Crippen LogP contribution in [-0.2, 0) is 16.2 Å². The standard InChI is InChI=1S/C32H28FN3O5S/c1-20-16-23(21(2)36(20)25-10-14-27(15-11-25)41-19-22-6-4-5-7-28(22)33)17-29-31(38)35(32(39)42-29)18-30(37)34-24-8-12-26(40-3)13-9-24/h4-17H,18-19H2,1-3H3,(H,34,37)/b29-17+. The molecule has 0 saturated carbocycles. The van der Waals surface area contributed by atoms with Gasteiger partial charge in [0.25, 0.3) is 11.1 Å². The van der Waals surface area contributed by atoms with Crippen molar-refractivity contribution in [1.82, 2.24) is 9.47 Å². The lowest BCUT2D eigenvalue weighted by Gasteiger charge is -2.12. The number of aryl methyl sites for hydroxylation is 1. The fraction of sp³-hybridized carbons (Fsp3) is 0.156. The normalized spacial score (nSPS) is 14.0. The molecule has 42 heavy (non-hydrogen) atoms. The molecule has 0 aliphatic carbocycles. The number of carbonyl (C=O) groups is 3. The molecule has 1 fully saturated rings. The molecule has 3 aromatic carbocycles. The second-order valence-electron chi connectivity index (χ2n) is 9.58. The number of thioether (sulfide) groups is 1. The number of aromatic nitrogens is 1. The number of hydrogen-bond acceptors (Lipinski definition) is 6. The van der Waals surface area contributed by atoms with Gasteiger partial charge in [0, 0.05) is 28.3 Å². The number of methoxy groups -OCH3 is 1. The monoisotopic (exact) mass is 585 g/mol. The van der Waals surface area contributed by atoms with Gasteiger partial charge in [-0.1, -0.05) is 18.2 Å². The largest absolute Gasteiger partial charge is 0.497 e. The van der Waals surface area contributed by atoms with E-state index in [2.05, 4.69) is 5.32 Å². The Bertz CT molecular complexity index is 1680. The number of nitrogens with one attached hydrogen (secondary N) is 1. The van der Waals surface area contributed by atoms with E-state index < -0.39 is 23.6 Å². The first kappa shape index (κ1) is 28.7. The summed E-state index contributed by atoms with van der Waals surface area (Å²) in [5.41, 5.74) is 4.46. The van der Waals surface area contributed by atoms with Crippen molar-refractivity contribution in [3.8, 4) is 17.2 Å². The summed E-state index contributed by atoms with van der Waals surface area (Å²) >= 11 is 0.806. The van der Waals surface area contributed by atoms with Gasteiger partial charge in [-0.05, 0) is 97.9 Å². The number of carbonyl (C=O) groups excluding carboxylic acids is 3. The van der Waals surface area contributed by atoms with Crippen molar-refractivity contribution in [3.63, 3.8) is 0 Å². The van der Waals surface area contributed by atoms with Crippen molar-refractivity contribution in [2.75, 3.05) is 19.0 Å². The molecular weight excluding hydrogens is 557 g/mol. The molecule has 1 aliphatic heterocycles. The zero-order valence-corrected chi connectivity index (χ0v) is 24.0. The molecule has 0 radical (unpaired) electrons. The van der Waals surface area contributed by atoms with Gasteiger partial charge < -0.3 is 19.4 Å². The van der Waals surface area contributed by atoms with E-state index >= 15 is 0 Å². The predicted molar refractivity (Wildman–Crippen MR) is 160 cm³/mol. The fourth-order valence-corrected chi connectivity index (χ4v) is 5.42. The fourth-order valence-electron chi connectivity index (χ4n) is 4.60. The predicted octanol–water partition coefficient (Wildman–Crippen LogP) is 6.50. The number of anilines is 1. The van der Waals surface area contributed by atoms with Gasteiger partial charge in [-0.3, -0.25) is 19.3 Å². The summed E-state index contributed by atoms with van der Waals surface area (Å²) in [7, 11) is 1.55. The minimum Gasteiger partial charge on any atom is -0.497 e. The molecule has 0 unspecified atom stereocenters. The Balaban J connectivity index is 1.26. The maximum Gasteiger partial charge on any atom is 0.294 e. The summed E-state index contributed by atoms with van der Waals surface area (Å²) in [5, 5.41) is 2.18. The Hall–Kier alpha value is -4.83. The van der Waals surface area contributed by atoms with Crippen molar-refractivity contribution in [1.29, 1.82) is 0 Å². The molecule has 1 N–H and O–H groups in total. The SMILES string of the molecule is COc1ccc(NC(=O)CN2C(=O)S/C(=C/c3cc(C)n(-c4ccc(OCc5ccccc5F)cc4)c3C)C2=O)cc1. The molecule has 3 amide bonds. The molecule has 0 bridgehead atoms. The summed E-state index contributed by atoms with van der Waals surface area (Å²) in [6.45, 7) is 3.60. The average Bonchev–Trinajstić information content (AvgIpc) is 3.41. The van der Waals surface area contributed by atoms with Crippen LogP contribution in [0.25, 0.3) is 11.8 Å². The minimum atomic E-state index is -0.518. The van der Waals surface area contributed by atoms with E-state index in [1.165, 1.54) is 6.07 Å². The maximum atomic E-state index is 13.9. The number of nitrogens with zero attached hydrogens (tertiary/aromatic N) is 2. The first-order chi connectivity index (χ1) is 20.2. The summed E-state index contributed by atoms with van der Waals surface area (Å²) in [5.74, 6) is -0.0605. The van der Waals surface area contributed by atoms with Gasteiger partial charge in [-0.25, -0.2) is 4.39 Å². The Morgan fingerprint density at radius 3 is 2.36 bits per heavy atom. The van der Waals surface area contributed by atoms with Crippen molar-refractivity contribution >= 4 is 40.6 Å². The zero-order chi connectivity index (χ0) is 29.8. The molecule has 214 valence electrons. The Labute approximate surface area is 246 Å². The quantitative estimate of drug-likeness (QED) is 0.226. The first-order valence-corrected chi connectivity index (χ1v) is 13.9. The summed E-state index contributed by atoms with van der Waals surface area (Å²) in [6.07, 6.45) is 1.68. The molecule has 4 aromatic rings. The highest BCUT2D eigenvalue weighted by molar-refractivity contribution is 8.18. The van der Waals surface area contributed by atoms with Gasteiger partial charge in [0.05, 0.1) is 12.0 Å². The molecular formula is C32H28FN3O5S. The van der Waals surface area contributed by atoms with E-state index in [4.69, 9.17) is 9.47 Å². The highest BCUT2D eigenvalue weighted by Crippen LogP contribution is 2.34. The zero-order valence-electron chi connectivity index (χ0n) is 23.2. The van der Waals surface area contributed by atoms with E-state index in [9.17, 15) is 18.8 Å². The van der Waals surface area contributed by atoms with Crippen LogP contribution in [0.5, 0.6) is 11.5 Å². The maximum absolute atomic E-state index is 13.9. The van der Waals surface area contributed by atoms with E-state index in [0.717, 1.165) is 39.3 Å². The van der Waals surface area contributed by atoms with Gasteiger partial charge in [-0.15, -0.1) is 0 Å². The van der Waals surface area contributed by atoms with Crippen LogP contribution in [0.2, 0.25) is 0 Å². The first-order valence-electron chi connectivity index (χ1n) is 13.1. The van der Waals surface area contributed by atoms with E-state index in [1.54, 1.807) is 55.7 Å². The number of ether oxygens (including phenoxy) is 2. The van der Waals surface area contributed by atoms with Crippen LogP contribution in [0, 0.1) is 19.7 Å². The lowest BCUT2D eigenvalue weighted by molar-refractivity contribution is -0.127. The van der Waals surface area contributed by atoms with E-state index in [1.807, 2.05) is 48.7 Å². The van der Waals surface area contributed by atoms with Crippen molar-refractivity contribution < 1.29 is 28.2 Å². The van der Waals surface area contributed by atoms with Gasteiger partial charge in [0.2, 0.25) is 5.91 Å². The number of halogens is 1. The summed E-state index contributed by atoms with van der Waals surface area (Å²) in [4.78, 5) is 39.4. The lowest BCUT2D eigenvalue weighted by Crippen LogP contribution is -2.36. The Kier molecular flexibility index (Phi) is 8.44. The smallest absolute Gasteiger partial charge is 0.294 e. The number of rotatable bonds is 9. The minimum absolute atomic E-state index is 0.121. The molecule has 1 aliphatic rings. The highest BCUT2D eigenvalue weighted by atomic mass is 32.2. The number of benzene rings is 3. The average molecular weight is 586 g/mol. The molecule has 1 saturated heterocycles. The van der Waals surface area contributed by atoms with Crippen molar-refractivity contribution in [3.05, 3.63) is 112 Å². The second kappa shape index (κ2) is 12.4. The van der Waals surface area contributed by atoms with E-state index in [0.29, 0.717) is 22.7 Å². The summed E-state index contributed by atoms with van der Waals surface area (Å²) in [6, 6.07) is 22.6. The molecule has 1 aromatic heterocycles. The number of amides is 3. The number of imide groups is 1. The van der Waals surface area contributed by atoms with E-state index in [-0.39, 0.29) is 17.3 Å². The Morgan fingerprint density at radius 1 is 0.976 bits per heavy atom. The molecule has 0 atom stereocenters. The van der Waals surface area contributed by atoms with Crippen LogP contribution in [-0.4, -0.2) is 40.2 Å². The van der Waals surface area contributed by atoms with Crippen molar-refractivity contribution in [2.24, 2.45) is 0 Å². The van der Waals surface area contributed by atoms with Gasteiger partial charge in [0.1, 0.15) is 30.5 Å². The second-order valence-corrected chi connectivity index (χ2v) is 10.6. The highest BCUT2D eigenvalue weighted by Gasteiger charge is 2.36. The molecule has 8 nitrogen and oxygen atoms in total. The third-order valence-electron chi connectivity index (χ3n) is 6.75. The van der Waals surface area contributed by atoms with Gasteiger partial charge in [0.15, 0.2) is 0 Å². The Morgan fingerprint density at radius 2 is 1.67 bits per heavy atom. The van der Waals surface area contributed by atoms with Crippen LogP contribution >= 0.6 is 11.8 Å².